The van der Waals surface area contributed by atoms with Crippen molar-refractivity contribution < 1.29 is 9.13 Å². The van der Waals surface area contributed by atoms with Crippen LogP contribution < -0.4 is 9.64 Å². The highest BCUT2D eigenvalue weighted by Crippen LogP contribution is 2.48. The van der Waals surface area contributed by atoms with Crippen molar-refractivity contribution in [1.82, 2.24) is 0 Å². The summed E-state index contributed by atoms with van der Waals surface area (Å²) in [7, 11) is 0. The van der Waals surface area contributed by atoms with E-state index < -0.39 is 0 Å². The van der Waals surface area contributed by atoms with Gasteiger partial charge in [-0.2, -0.15) is 0 Å². The summed E-state index contributed by atoms with van der Waals surface area (Å²) in [5.41, 5.74) is 9.65. The number of anilines is 3. The summed E-state index contributed by atoms with van der Waals surface area (Å²) >= 11 is 0. The molecule has 7 aromatic rings. The number of fused-ring (bicyclic) bond motifs is 2. The molecule has 0 aromatic heterocycles. The van der Waals surface area contributed by atoms with Crippen molar-refractivity contribution in [3.05, 3.63) is 164 Å². The number of halogens is 1. The molecule has 0 saturated carbocycles. The van der Waals surface area contributed by atoms with Gasteiger partial charge in [0.25, 0.3) is 0 Å². The van der Waals surface area contributed by atoms with Crippen LogP contribution in [0.15, 0.2) is 158 Å². The Kier molecular flexibility index (Phi) is 6.01. The average Bonchev–Trinajstić information content (AvgIpc) is 3.07. The lowest BCUT2D eigenvalue weighted by molar-refractivity contribution is 0.487. The number of nitrogens with zero attached hydrogens (tertiary/aromatic N) is 1. The van der Waals surface area contributed by atoms with Crippen LogP contribution in [-0.2, 0) is 0 Å². The third kappa shape index (κ3) is 4.52. The van der Waals surface area contributed by atoms with Crippen LogP contribution in [-0.4, -0.2) is 0 Å². The van der Waals surface area contributed by atoms with Crippen molar-refractivity contribution in [1.29, 1.82) is 0 Å². The molecule has 2 nitrogen and oxygen atoms in total. The zero-order valence-electron chi connectivity index (χ0n) is 23.2. The predicted octanol–water partition coefficient (Wildman–Crippen LogP) is 11.6. The van der Waals surface area contributed by atoms with Crippen molar-refractivity contribution in [2.45, 2.75) is 0 Å². The molecule has 0 radical (unpaired) electrons. The smallest absolute Gasteiger partial charge is 0.137 e. The lowest BCUT2D eigenvalue weighted by Crippen LogP contribution is -2.10. The molecule has 43 heavy (non-hydrogen) atoms. The number of hydrogen-bond acceptors (Lipinski definition) is 2. The minimum Gasteiger partial charge on any atom is -0.456 e. The highest BCUT2D eigenvalue weighted by atomic mass is 19.1. The molecule has 0 unspecified atom stereocenters. The third-order valence-electron chi connectivity index (χ3n) is 8.14. The van der Waals surface area contributed by atoms with E-state index in [1.165, 1.54) is 28.6 Å². The standard InChI is InChI=1S/C40H26FNO/c41-32-18-12-28(13-19-32)30-16-22-34(23-17-30)42(33-20-14-29(15-21-33)27-6-2-1-3-7-27)35-24-25-36-37-10-4-8-31-9-5-11-38(40(31)37)43-39(36)26-35/h1-26H. The van der Waals surface area contributed by atoms with Crippen LogP contribution >= 0.6 is 0 Å². The van der Waals surface area contributed by atoms with Crippen LogP contribution in [0.25, 0.3) is 44.2 Å². The second-order valence-corrected chi connectivity index (χ2v) is 10.7. The molecule has 0 bridgehead atoms. The van der Waals surface area contributed by atoms with Crippen LogP contribution in [0.2, 0.25) is 0 Å². The number of rotatable bonds is 5. The van der Waals surface area contributed by atoms with Crippen LogP contribution in [0.4, 0.5) is 21.5 Å². The molecule has 1 aliphatic heterocycles. The maximum absolute atomic E-state index is 13.5. The normalized spacial score (nSPS) is 11.6. The van der Waals surface area contributed by atoms with E-state index in [2.05, 4.69) is 120 Å². The Balaban J connectivity index is 1.23. The summed E-state index contributed by atoms with van der Waals surface area (Å²) < 4.78 is 20.1. The van der Waals surface area contributed by atoms with Gasteiger partial charge in [-0.15, -0.1) is 0 Å². The van der Waals surface area contributed by atoms with E-state index >= 15 is 0 Å². The van der Waals surface area contributed by atoms with Gasteiger partial charge in [-0.1, -0.05) is 97.1 Å². The van der Waals surface area contributed by atoms with Gasteiger partial charge in [0.2, 0.25) is 0 Å². The fourth-order valence-corrected chi connectivity index (χ4v) is 6.02. The lowest BCUT2D eigenvalue weighted by atomic mass is 9.94. The molecule has 0 aliphatic carbocycles. The van der Waals surface area contributed by atoms with Gasteiger partial charge in [0.15, 0.2) is 0 Å². The predicted molar refractivity (Wildman–Crippen MR) is 175 cm³/mol. The van der Waals surface area contributed by atoms with Crippen molar-refractivity contribution in [2.24, 2.45) is 0 Å². The zero-order chi connectivity index (χ0) is 28.8. The van der Waals surface area contributed by atoms with Crippen molar-refractivity contribution >= 4 is 27.8 Å². The quantitative estimate of drug-likeness (QED) is 0.209. The molecule has 204 valence electrons. The fourth-order valence-electron chi connectivity index (χ4n) is 6.02. The van der Waals surface area contributed by atoms with E-state index in [9.17, 15) is 4.39 Å². The van der Waals surface area contributed by atoms with Crippen molar-refractivity contribution in [3.63, 3.8) is 0 Å². The van der Waals surface area contributed by atoms with Gasteiger partial charge in [0, 0.05) is 34.1 Å². The van der Waals surface area contributed by atoms with E-state index in [-0.39, 0.29) is 5.82 Å². The Morgan fingerprint density at radius 3 is 1.63 bits per heavy atom. The molecule has 0 N–H and O–H groups in total. The lowest BCUT2D eigenvalue weighted by Gasteiger charge is -2.28. The van der Waals surface area contributed by atoms with E-state index in [0.29, 0.717) is 0 Å². The molecule has 0 amide bonds. The Hall–Kier alpha value is -5.67. The van der Waals surface area contributed by atoms with Gasteiger partial charge >= 0.3 is 0 Å². The molecule has 8 rings (SSSR count). The van der Waals surface area contributed by atoms with Gasteiger partial charge < -0.3 is 9.64 Å². The number of benzene rings is 7. The van der Waals surface area contributed by atoms with Crippen LogP contribution in [0, 0.1) is 5.82 Å². The minimum absolute atomic E-state index is 0.237. The first kappa shape index (κ1) is 25.1. The zero-order valence-corrected chi connectivity index (χ0v) is 23.2. The van der Waals surface area contributed by atoms with Gasteiger partial charge in [0.1, 0.15) is 17.3 Å². The Labute approximate surface area is 249 Å². The number of ether oxygens (including phenoxy) is 1. The first-order valence-electron chi connectivity index (χ1n) is 14.4. The van der Waals surface area contributed by atoms with E-state index in [1.54, 1.807) is 0 Å². The van der Waals surface area contributed by atoms with Gasteiger partial charge in [-0.3, -0.25) is 0 Å². The first-order valence-corrected chi connectivity index (χ1v) is 14.4. The Morgan fingerprint density at radius 2 is 0.977 bits per heavy atom. The third-order valence-corrected chi connectivity index (χ3v) is 8.14. The molecular formula is C40H26FNO. The molecule has 0 atom stereocenters. The summed E-state index contributed by atoms with van der Waals surface area (Å²) in [5, 5.41) is 2.32. The van der Waals surface area contributed by atoms with Crippen LogP contribution in [0.1, 0.15) is 0 Å². The SMILES string of the molecule is Fc1ccc(-c2ccc(N(c3ccc(-c4ccccc4)cc3)c3ccc4c(c3)Oc3cccc5cccc-4c35)cc2)cc1. The highest BCUT2D eigenvalue weighted by Gasteiger charge is 2.22. The molecule has 3 heteroatoms. The average molecular weight is 556 g/mol. The second kappa shape index (κ2) is 10.3. The topological polar surface area (TPSA) is 12.5 Å². The monoisotopic (exact) mass is 555 g/mol. The first-order chi connectivity index (χ1) is 21.2. The maximum Gasteiger partial charge on any atom is 0.137 e. The second-order valence-electron chi connectivity index (χ2n) is 10.7. The van der Waals surface area contributed by atoms with Crippen molar-refractivity contribution in [2.75, 3.05) is 4.90 Å². The Morgan fingerprint density at radius 1 is 0.419 bits per heavy atom. The van der Waals surface area contributed by atoms with E-state index in [0.717, 1.165) is 56.2 Å². The molecule has 0 spiro atoms. The van der Waals surface area contributed by atoms with E-state index in [4.69, 9.17) is 4.74 Å². The summed E-state index contributed by atoms with van der Waals surface area (Å²) in [6, 6.07) is 53.1. The molecular weight excluding hydrogens is 529 g/mol. The fraction of sp³-hybridized carbons (Fsp3) is 0. The summed E-state index contributed by atoms with van der Waals surface area (Å²) in [5.74, 6) is 1.47. The van der Waals surface area contributed by atoms with Crippen molar-refractivity contribution in [3.8, 4) is 44.9 Å². The molecule has 7 aromatic carbocycles. The minimum atomic E-state index is -0.237. The van der Waals surface area contributed by atoms with Crippen LogP contribution in [0.3, 0.4) is 0 Å². The van der Waals surface area contributed by atoms with Crippen LogP contribution in [0.5, 0.6) is 11.5 Å². The van der Waals surface area contributed by atoms with E-state index in [1.807, 2.05) is 30.3 Å². The highest BCUT2D eigenvalue weighted by molar-refractivity contribution is 6.04. The summed E-state index contributed by atoms with van der Waals surface area (Å²) in [4.78, 5) is 2.24. The molecule has 0 fully saturated rings. The van der Waals surface area contributed by atoms with Gasteiger partial charge in [0.05, 0.1) is 0 Å². The van der Waals surface area contributed by atoms with Gasteiger partial charge in [-0.25, -0.2) is 4.39 Å². The molecule has 1 heterocycles. The molecule has 0 saturated heterocycles. The van der Waals surface area contributed by atoms with Gasteiger partial charge in [-0.05, 0) is 87.8 Å². The Bertz CT molecular complexity index is 2080. The summed E-state index contributed by atoms with van der Waals surface area (Å²) in [6.07, 6.45) is 0. The summed E-state index contributed by atoms with van der Waals surface area (Å²) in [6.45, 7) is 0. The largest absolute Gasteiger partial charge is 0.456 e. The molecule has 1 aliphatic rings. The maximum atomic E-state index is 13.5. The number of hydrogen-bond donors (Lipinski definition) is 0.